The lowest BCUT2D eigenvalue weighted by molar-refractivity contribution is -0.126. The fourth-order valence-electron chi connectivity index (χ4n) is 2.65. The zero-order chi connectivity index (χ0) is 13.9. The Labute approximate surface area is 118 Å². The van der Waals surface area contributed by atoms with E-state index in [0.717, 1.165) is 41.7 Å². The molecule has 1 aliphatic rings. The lowest BCUT2D eigenvalue weighted by Crippen LogP contribution is -2.39. The molecule has 1 aromatic heterocycles. The molecule has 0 spiro atoms. The van der Waals surface area contributed by atoms with E-state index in [-0.39, 0.29) is 11.8 Å². The third kappa shape index (κ3) is 2.59. The molecule has 0 radical (unpaired) electrons. The van der Waals surface area contributed by atoms with Crippen LogP contribution in [0.4, 0.5) is 5.82 Å². The number of aryl methyl sites for hydroxylation is 1. The summed E-state index contributed by atoms with van der Waals surface area (Å²) >= 11 is 0. The van der Waals surface area contributed by atoms with Crippen molar-refractivity contribution >= 4 is 22.6 Å². The number of carbonyl (C=O) groups excluding carboxylic acids is 1. The number of nitrogens with one attached hydrogen (secondary N) is 2. The monoisotopic (exact) mass is 269 g/mol. The molecule has 1 amide bonds. The second kappa shape index (κ2) is 5.49. The van der Waals surface area contributed by atoms with Gasteiger partial charge in [-0.2, -0.15) is 0 Å². The summed E-state index contributed by atoms with van der Waals surface area (Å²) in [4.78, 5) is 16.4. The van der Waals surface area contributed by atoms with E-state index in [0.29, 0.717) is 6.54 Å². The quantitative estimate of drug-likeness (QED) is 0.900. The van der Waals surface area contributed by atoms with Crippen molar-refractivity contribution in [1.29, 1.82) is 0 Å². The largest absolute Gasteiger partial charge is 0.369 e. The molecule has 20 heavy (non-hydrogen) atoms. The molecule has 104 valence electrons. The lowest BCUT2D eigenvalue weighted by Gasteiger charge is -2.22. The van der Waals surface area contributed by atoms with Crippen LogP contribution in [0.15, 0.2) is 30.3 Å². The predicted molar refractivity (Wildman–Crippen MR) is 80.7 cm³/mol. The number of fused-ring (bicyclic) bond motifs is 1. The fourth-order valence-corrected chi connectivity index (χ4v) is 2.65. The first-order valence-corrected chi connectivity index (χ1v) is 7.12. The molecule has 0 aliphatic carbocycles. The van der Waals surface area contributed by atoms with Crippen molar-refractivity contribution in [2.75, 3.05) is 18.4 Å². The van der Waals surface area contributed by atoms with Gasteiger partial charge < -0.3 is 10.6 Å². The van der Waals surface area contributed by atoms with Gasteiger partial charge in [0.1, 0.15) is 5.82 Å². The van der Waals surface area contributed by atoms with Crippen molar-refractivity contribution in [1.82, 2.24) is 10.3 Å². The van der Waals surface area contributed by atoms with Crippen LogP contribution in [0.1, 0.15) is 18.4 Å². The zero-order valence-electron chi connectivity index (χ0n) is 11.6. The maximum atomic E-state index is 11.7. The van der Waals surface area contributed by atoms with Gasteiger partial charge in [0.25, 0.3) is 0 Å². The van der Waals surface area contributed by atoms with Crippen molar-refractivity contribution in [2.24, 2.45) is 5.92 Å². The number of anilines is 1. The van der Waals surface area contributed by atoms with Gasteiger partial charge >= 0.3 is 0 Å². The summed E-state index contributed by atoms with van der Waals surface area (Å²) in [5, 5.41) is 7.39. The summed E-state index contributed by atoms with van der Waals surface area (Å²) in [7, 11) is 0. The third-order valence-electron chi connectivity index (χ3n) is 3.83. The molecule has 1 atom stereocenters. The van der Waals surface area contributed by atoms with Gasteiger partial charge in [0.15, 0.2) is 0 Å². The maximum absolute atomic E-state index is 11.7. The molecule has 4 heteroatoms. The van der Waals surface area contributed by atoms with Crippen LogP contribution in [0.2, 0.25) is 0 Å². The van der Waals surface area contributed by atoms with Crippen molar-refractivity contribution in [3.63, 3.8) is 0 Å². The Morgan fingerprint density at radius 2 is 2.25 bits per heavy atom. The number of amides is 1. The number of benzene rings is 1. The van der Waals surface area contributed by atoms with Crippen LogP contribution in [0.25, 0.3) is 10.9 Å². The number of carbonyl (C=O) groups is 1. The highest BCUT2D eigenvalue weighted by atomic mass is 16.1. The highest BCUT2D eigenvalue weighted by Crippen LogP contribution is 2.20. The normalized spacial score (nSPS) is 18.9. The number of para-hydroxylation sites is 1. The molecule has 0 bridgehead atoms. The number of hydrogen-bond donors (Lipinski definition) is 2. The van der Waals surface area contributed by atoms with Gasteiger partial charge in [-0.3, -0.25) is 4.79 Å². The lowest BCUT2D eigenvalue weighted by atomic mass is 9.98. The van der Waals surface area contributed by atoms with Gasteiger partial charge in [-0.15, -0.1) is 0 Å². The van der Waals surface area contributed by atoms with Crippen molar-refractivity contribution in [3.05, 3.63) is 35.9 Å². The smallest absolute Gasteiger partial charge is 0.224 e. The van der Waals surface area contributed by atoms with Gasteiger partial charge in [-0.1, -0.05) is 18.2 Å². The molecule has 2 heterocycles. The predicted octanol–water partition coefficient (Wildman–Crippen LogP) is 2.48. The highest BCUT2D eigenvalue weighted by molar-refractivity contribution is 5.82. The molecule has 1 saturated heterocycles. The third-order valence-corrected chi connectivity index (χ3v) is 3.83. The average molecular weight is 269 g/mol. The second-order valence-corrected chi connectivity index (χ2v) is 5.36. The zero-order valence-corrected chi connectivity index (χ0v) is 11.6. The molecule has 0 saturated carbocycles. The second-order valence-electron chi connectivity index (χ2n) is 5.36. The molecule has 4 nitrogen and oxygen atoms in total. The molecule has 3 rings (SSSR count). The number of rotatable bonds is 3. The first kappa shape index (κ1) is 12.9. The summed E-state index contributed by atoms with van der Waals surface area (Å²) in [5.41, 5.74) is 2.09. The van der Waals surface area contributed by atoms with Crippen LogP contribution >= 0.6 is 0 Å². The molecule has 2 aromatic rings. The van der Waals surface area contributed by atoms with Gasteiger partial charge in [0.2, 0.25) is 5.91 Å². The fraction of sp³-hybridized carbons (Fsp3) is 0.375. The molecular weight excluding hydrogens is 250 g/mol. The summed E-state index contributed by atoms with van der Waals surface area (Å²) in [6.07, 6.45) is 2.01. The van der Waals surface area contributed by atoms with Crippen molar-refractivity contribution in [3.8, 4) is 0 Å². The average Bonchev–Trinajstić information content (AvgIpc) is 2.46. The Hall–Kier alpha value is -2.10. The Morgan fingerprint density at radius 1 is 1.40 bits per heavy atom. The SMILES string of the molecule is Cc1cc2ccccc2nc1NCC1CCCNC1=O. The Kier molecular flexibility index (Phi) is 3.54. The summed E-state index contributed by atoms with van der Waals surface area (Å²) in [6, 6.07) is 10.2. The van der Waals surface area contributed by atoms with E-state index in [2.05, 4.69) is 27.8 Å². The summed E-state index contributed by atoms with van der Waals surface area (Å²) < 4.78 is 0. The van der Waals surface area contributed by atoms with E-state index in [1.165, 1.54) is 0 Å². The number of aromatic nitrogens is 1. The standard InChI is InChI=1S/C16H19N3O/c1-11-9-12-5-2-3-7-14(12)19-15(11)18-10-13-6-4-8-17-16(13)20/h2-3,5,7,9,13H,4,6,8,10H2,1H3,(H,17,20)(H,18,19). The van der Waals surface area contributed by atoms with Crippen LogP contribution in [-0.2, 0) is 4.79 Å². The topological polar surface area (TPSA) is 54.0 Å². The minimum Gasteiger partial charge on any atom is -0.369 e. The Bertz CT molecular complexity index is 639. The molecular formula is C16H19N3O. The number of pyridine rings is 1. The minimum absolute atomic E-state index is 0.0522. The first-order chi connectivity index (χ1) is 9.74. The molecule has 1 unspecified atom stereocenters. The molecule has 1 aliphatic heterocycles. The number of nitrogens with zero attached hydrogens (tertiary/aromatic N) is 1. The van der Waals surface area contributed by atoms with Crippen LogP contribution in [0.5, 0.6) is 0 Å². The van der Waals surface area contributed by atoms with Crippen molar-refractivity contribution in [2.45, 2.75) is 19.8 Å². The molecule has 1 aromatic carbocycles. The van der Waals surface area contributed by atoms with Crippen LogP contribution < -0.4 is 10.6 Å². The number of hydrogen-bond acceptors (Lipinski definition) is 3. The van der Waals surface area contributed by atoms with E-state index in [1.807, 2.05) is 25.1 Å². The van der Waals surface area contributed by atoms with E-state index >= 15 is 0 Å². The highest BCUT2D eigenvalue weighted by Gasteiger charge is 2.21. The van der Waals surface area contributed by atoms with Crippen LogP contribution in [0, 0.1) is 12.8 Å². The molecule has 1 fully saturated rings. The maximum Gasteiger partial charge on any atom is 0.224 e. The van der Waals surface area contributed by atoms with E-state index in [4.69, 9.17) is 0 Å². The van der Waals surface area contributed by atoms with Crippen molar-refractivity contribution < 1.29 is 4.79 Å². The minimum atomic E-state index is 0.0522. The van der Waals surface area contributed by atoms with Gasteiger partial charge in [-0.05, 0) is 37.5 Å². The Balaban J connectivity index is 1.76. The van der Waals surface area contributed by atoms with Gasteiger partial charge in [-0.25, -0.2) is 4.98 Å². The summed E-state index contributed by atoms with van der Waals surface area (Å²) in [5.74, 6) is 1.08. The Morgan fingerprint density at radius 3 is 3.10 bits per heavy atom. The van der Waals surface area contributed by atoms with E-state index < -0.39 is 0 Å². The van der Waals surface area contributed by atoms with Crippen LogP contribution in [0.3, 0.4) is 0 Å². The molecule has 2 N–H and O–H groups in total. The van der Waals surface area contributed by atoms with E-state index in [9.17, 15) is 4.79 Å². The number of piperidine rings is 1. The van der Waals surface area contributed by atoms with Gasteiger partial charge in [0.05, 0.1) is 11.4 Å². The van der Waals surface area contributed by atoms with Gasteiger partial charge in [0, 0.05) is 18.5 Å². The van der Waals surface area contributed by atoms with E-state index in [1.54, 1.807) is 0 Å². The summed E-state index contributed by atoms with van der Waals surface area (Å²) in [6.45, 7) is 3.50. The van der Waals surface area contributed by atoms with Crippen LogP contribution in [-0.4, -0.2) is 24.0 Å². The first-order valence-electron chi connectivity index (χ1n) is 7.12.